The Kier molecular flexibility index (Phi) is 7.59. The van der Waals surface area contributed by atoms with E-state index < -0.39 is 33.6 Å². The highest BCUT2D eigenvalue weighted by Crippen LogP contribution is 2.33. The lowest BCUT2D eigenvalue weighted by Crippen LogP contribution is -2.50. The van der Waals surface area contributed by atoms with Crippen molar-refractivity contribution in [2.75, 3.05) is 18.4 Å². The van der Waals surface area contributed by atoms with Crippen molar-refractivity contribution < 1.29 is 35.9 Å². The average Bonchev–Trinajstić information content (AvgIpc) is 3.13. The summed E-state index contributed by atoms with van der Waals surface area (Å²) in [6.07, 6.45) is -3.13. The van der Waals surface area contributed by atoms with Crippen molar-refractivity contribution >= 4 is 39.4 Å². The topological polar surface area (TPSA) is 117 Å². The van der Waals surface area contributed by atoms with Crippen LogP contribution in [0.3, 0.4) is 0 Å². The fraction of sp³-hybridized carbons (Fsp3) is 0.346. The molecule has 1 fully saturated rings. The Balaban J connectivity index is 1.47. The molecule has 0 aliphatic carbocycles. The molecule has 0 bridgehead atoms. The highest BCUT2D eigenvalue weighted by Gasteiger charge is 2.47. The summed E-state index contributed by atoms with van der Waals surface area (Å²) < 4.78 is 69.1. The molecule has 0 saturated carbocycles. The van der Waals surface area contributed by atoms with E-state index in [0.29, 0.717) is 11.3 Å². The van der Waals surface area contributed by atoms with Crippen molar-refractivity contribution in [2.24, 2.45) is 4.99 Å². The van der Waals surface area contributed by atoms with Crippen LogP contribution >= 0.6 is 0 Å². The van der Waals surface area contributed by atoms with Gasteiger partial charge in [0.25, 0.3) is 5.91 Å². The van der Waals surface area contributed by atoms with E-state index in [-0.39, 0.29) is 43.2 Å². The van der Waals surface area contributed by atoms with Crippen LogP contribution in [0.2, 0.25) is 0 Å². The van der Waals surface area contributed by atoms with Crippen LogP contribution in [0.5, 0.6) is 5.75 Å². The molecule has 0 atom stereocenters. The highest BCUT2D eigenvalue weighted by atomic mass is 32.2. The minimum atomic E-state index is -4.86. The molecule has 0 radical (unpaired) electrons. The lowest BCUT2D eigenvalue weighted by Gasteiger charge is -2.34. The van der Waals surface area contributed by atoms with E-state index in [9.17, 15) is 31.2 Å². The SMILES string of the molecule is CC(=O)Nc1cc(C)c(/C=C/S(=O)(=O)N2CCC3(CC2)N=C(c2cccc(OC(F)(F)F)c2)NC3=O)c(C)c1. The molecule has 13 heteroatoms. The number of anilines is 1. The van der Waals surface area contributed by atoms with Gasteiger partial charge in [-0.3, -0.25) is 14.6 Å². The third kappa shape index (κ3) is 6.48. The van der Waals surface area contributed by atoms with Crippen molar-refractivity contribution in [3.63, 3.8) is 0 Å². The molecular formula is C26H27F3N4O5S. The van der Waals surface area contributed by atoms with Crippen LogP contribution in [-0.2, 0) is 19.6 Å². The lowest BCUT2D eigenvalue weighted by molar-refractivity contribution is -0.274. The van der Waals surface area contributed by atoms with Crippen molar-refractivity contribution in [1.82, 2.24) is 9.62 Å². The molecule has 1 saturated heterocycles. The molecule has 2 N–H and O–H groups in total. The maximum absolute atomic E-state index is 13.1. The molecule has 0 unspecified atom stereocenters. The maximum atomic E-state index is 13.1. The zero-order valence-electron chi connectivity index (χ0n) is 21.4. The van der Waals surface area contributed by atoms with Crippen LogP contribution in [0.15, 0.2) is 46.8 Å². The predicted molar refractivity (Wildman–Crippen MR) is 140 cm³/mol. The van der Waals surface area contributed by atoms with Gasteiger partial charge >= 0.3 is 6.36 Å². The quantitative estimate of drug-likeness (QED) is 0.553. The third-order valence-corrected chi connectivity index (χ3v) is 8.12. The maximum Gasteiger partial charge on any atom is 0.573 e. The van der Waals surface area contributed by atoms with E-state index in [1.165, 1.54) is 29.4 Å². The number of sulfonamides is 1. The van der Waals surface area contributed by atoms with Crippen molar-refractivity contribution in [2.45, 2.75) is 45.5 Å². The van der Waals surface area contributed by atoms with Crippen LogP contribution < -0.4 is 15.4 Å². The number of amides is 2. The lowest BCUT2D eigenvalue weighted by atomic mass is 9.89. The van der Waals surface area contributed by atoms with Crippen LogP contribution in [-0.4, -0.2) is 55.4 Å². The van der Waals surface area contributed by atoms with E-state index in [1.54, 1.807) is 12.1 Å². The van der Waals surface area contributed by atoms with Gasteiger partial charge < -0.3 is 15.4 Å². The molecule has 2 amide bonds. The zero-order valence-corrected chi connectivity index (χ0v) is 22.2. The summed E-state index contributed by atoms with van der Waals surface area (Å²) in [4.78, 5) is 28.6. The number of ether oxygens (including phenoxy) is 1. The second-order valence-corrected chi connectivity index (χ2v) is 11.3. The summed E-state index contributed by atoms with van der Waals surface area (Å²) >= 11 is 0. The number of alkyl halides is 3. The van der Waals surface area contributed by atoms with Crippen LogP contribution in [0.4, 0.5) is 18.9 Å². The Morgan fingerprint density at radius 3 is 2.38 bits per heavy atom. The molecule has 39 heavy (non-hydrogen) atoms. The number of aryl methyl sites for hydroxylation is 2. The molecule has 2 aliphatic heterocycles. The standard InChI is InChI=1S/C26H27F3N4O5S/c1-16-13-20(30-18(3)34)14-17(2)22(16)7-12-39(36,37)33-10-8-25(9-11-33)24(35)31-23(32-25)19-5-4-6-21(15-19)38-26(27,28)29/h4-7,12-15H,8-11H2,1-3H3,(H,30,34)(H,31,32,35)/b12-7+. The van der Waals surface area contributed by atoms with E-state index in [4.69, 9.17) is 0 Å². The number of carbonyl (C=O) groups is 2. The third-order valence-electron chi connectivity index (χ3n) is 6.55. The highest BCUT2D eigenvalue weighted by molar-refractivity contribution is 7.92. The molecule has 9 nitrogen and oxygen atoms in total. The van der Waals surface area contributed by atoms with Crippen molar-refractivity contribution in [3.05, 3.63) is 64.1 Å². The van der Waals surface area contributed by atoms with Crippen LogP contribution in [0, 0.1) is 13.8 Å². The van der Waals surface area contributed by atoms with Gasteiger partial charge in [-0.05, 0) is 73.7 Å². The first kappa shape index (κ1) is 28.3. The van der Waals surface area contributed by atoms with Crippen molar-refractivity contribution in [3.8, 4) is 5.75 Å². The second kappa shape index (κ2) is 10.5. The first-order chi connectivity index (χ1) is 18.2. The van der Waals surface area contributed by atoms with Gasteiger partial charge in [-0.25, -0.2) is 8.42 Å². The van der Waals surface area contributed by atoms with Gasteiger partial charge in [-0.1, -0.05) is 12.1 Å². The Bertz CT molecular complexity index is 1450. The number of halogens is 3. The molecule has 208 valence electrons. The molecule has 2 heterocycles. The monoisotopic (exact) mass is 564 g/mol. The number of amidine groups is 1. The first-order valence-corrected chi connectivity index (χ1v) is 13.5. The van der Waals surface area contributed by atoms with Gasteiger partial charge in [0.05, 0.1) is 0 Å². The van der Waals surface area contributed by atoms with E-state index in [1.807, 2.05) is 13.8 Å². The number of nitrogens with one attached hydrogen (secondary N) is 2. The first-order valence-electron chi connectivity index (χ1n) is 12.0. The fourth-order valence-corrected chi connectivity index (χ4v) is 5.87. The number of hydrogen-bond acceptors (Lipinski definition) is 6. The van der Waals surface area contributed by atoms with Crippen LogP contribution in [0.25, 0.3) is 6.08 Å². The summed E-state index contributed by atoms with van der Waals surface area (Å²) in [7, 11) is -3.82. The number of piperidine rings is 1. The minimum Gasteiger partial charge on any atom is -0.406 e. The van der Waals surface area contributed by atoms with Gasteiger partial charge in [0, 0.05) is 36.7 Å². The fourth-order valence-electron chi connectivity index (χ4n) is 4.70. The smallest absolute Gasteiger partial charge is 0.406 e. The molecule has 2 aliphatic rings. The second-order valence-electron chi connectivity index (χ2n) is 9.47. The normalized spacial score (nSPS) is 17.8. The zero-order chi connectivity index (χ0) is 28.6. The van der Waals surface area contributed by atoms with Gasteiger partial charge in [0.15, 0.2) is 0 Å². The summed E-state index contributed by atoms with van der Waals surface area (Å²) in [6.45, 7) is 5.10. The number of aliphatic imine (C=N–C) groups is 1. The van der Waals surface area contributed by atoms with Gasteiger partial charge in [-0.15, -0.1) is 13.2 Å². The number of nitrogens with zero attached hydrogens (tertiary/aromatic N) is 2. The Hall–Kier alpha value is -3.71. The number of carbonyl (C=O) groups excluding carboxylic acids is 2. The summed E-state index contributed by atoms with van der Waals surface area (Å²) in [5, 5.41) is 6.44. The van der Waals surface area contributed by atoms with Gasteiger partial charge in [0.1, 0.15) is 17.1 Å². The largest absolute Gasteiger partial charge is 0.573 e. The minimum absolute atomic E-state index is 0.0352. The summed E-state index contributed by atoms with van der Waals surface area (Å²) in [5.41, 5.74) is 1.94. The van der Waals surface area contributed by atoms with Crippen LogP contribution in [0.1, 0.15) is 42.0 Å². The molecule has 0 aromatic heterocycles. The van der Waals surface area contributed by atoms with Gasteiger partial charge in [-0.2, -0.15) is 4.31 Å². The van der Waals surface area contributed by atoms with E-state index >= 15 is 0 Å². The molecule has 2 aromatic carbocycles. The Morgan fingerprint density at radius 2 is 1.79 bits per heavy atom. The average molecular weight is 565 g/mol. The predicted octanol–water partition coefficient (Wildman–Crippen LogP) is 3.87. The van der Waals surface area contributed by atoms with E-state index in [2.05, 4.69) is 20.4 Å². The van der Waals surface area contributed by atoms with Crippen molar-refractivity contribution in [1.29, 1.82) is 0 Å². The summed E-state index contributed by atoms with van der Waals surface area (Å²) in [6, 6.07) is 8.63. The molecular weight excluding hydrogens is 537 g/mol. The van der Waals surface area contributed by atoms with E-state index in [0.717, 1.165) is 28.7 Å². The Morgan fingerprint density at radius 1 is 1.15 bits per heavy atom. The van der Waals surface area contributed by atoms with Gasteiger partial charge in [0.2, 0.25) is 15.9 Å². The number of hydrogen-bond donors (Lipinski definition) is 2. The Labute approximate surface area is 223 Å². The number of benzene rings is 2. The number of rotatable bonds is 6. The molecule has 1 spiro atoms. The molecule has 2 aromatic rings. The summed E-state index contributed by atoms with van der Waals surface area (Å²) in [5.74, 6) is -0.977. The molecule has 4 rings (SSSR count).